The van der Waals surface area contributed by atoms with Crippen molar-refractivity contribution in [3.05, 3.63) is 24.3 Å². The van der Waals surface area contributed by atoms with Crippen molar-refractivity contribution in [1.82, 2.24) is 4.37 Å². The van der Waals surface area contributed by atoms with Gasteiger partial charge in [-0.2, -0.15) is 4.37 Å². The minimum Gasteiger partial charge on any atom is -0.361 e. The van der Waals surface area contributed by atoms with Crippen LogP contribution in [0.5, 0.6) is 0 Å². The molecule has 84 valence electrons. The third-order valence-electron chi connectivity index (χ3n) is 3.02. The second kappa shape index (κ2) is 4.34. The highest BCUT2D eigenvalue weighted by Gasteiger charge is 2.20. The maximum atomic E-state index is 4.50. The van der Waals surface area contributed by atoms with Gasteiger partial charge in [0.1, 0.15) is 5.00 Å². The molecule has 0 radical (unpaired) electrons. The van der Waals surface area contributed by atoms with Crippen LogP contribution in [0.4, 0.5) is 5.00 Å². The van der Waals surface area contributed by atoms with Crippen molar-refractivity contribution in [2.75, 3.05) is 18.0 Å². The van der Waals surface area contributed by atoms with E-state index in [1.165, 1.54) is 23.2 Å². The first kappa shape index (κ1) is 10.5. The summed E-state index contributed by atoms with van der Waals surface area (Å²) in [6.07, 6.45) is 2.55. The van der Waals surface area contributed by atoms with E-state index in [9.17, 15) is 0 Å². The number of hydrogen-bond acceptors (Lipinski definition) is 3. The number of nitrogens with zero attached hydrogens (tertiary/aromatic N) is 2. The van der Waals surface area contributed by atoms with Gasteiger partial charge in [0, 0.05) is 23.3 Å². The molecule has 1 fully saturated rings. The molecule has 1 unspecified atom stereocenters. The van der Waals surface area contributed by atoms with E-state index in [-0.39, 0.29) is 0 Å². The highest BCUT2D eigenvalue weighted by molar-refractivity contribution is 9.09. The largest absolute Gasteiger partial charge is 0.361 e. The van der Waals surface area contributed by atoms with Crippen LogP contribution in [-0.2, 0) is 0 Å². The molecule has 2 nitrogen and oxygen atoms in total. The molecule has 0 amide bonds. The Balaban J connectivity index is 1.99. The molecular formula is C12H13BrN2S. The number of benzene rings is 1. The van der Waals surface area contributed by atoms with Gasteiger partial charge in [0.2, 0.25) is 0 Å². The quantitative estimate of drug-likeness (QED) is 0.747. The first-order valence-electron chi connectivity index (χ1n) is 5.58. The van der Waals surface area contributed by atoms with E-state index in [0.717, 1.165) is 18.6 Å². The Labute approximate surface area is 108 Å². The normalized spacial score (nSPS) is 21.6. The van der Waals surface area contributed by atoms with Crippen LogP contribution in [-0.4, -0.2) is 22.3 Å². The molecule has 1 atom stereocenters. The predicted molar refractivity (Wildman–Crippen MR) is 73.8 cm³/mol. The predicted octanol–water partition coefficient (Wildman–Crippen LogP) is 3.66. The first-order valence-corrected chi connectivity index (χ1v) is 7.27. The van der Waals surface area contributed by atoms with Crippen molar-refractivity contribution in [2.24, 2.45) is 0 Å². The summed E-state index contributed by atoms with van der Waals surface area (Å²) in [6.45, 7) is 2.26. The van der Waals surface area contributed by atoms with Crippen LogP contribution in [0.15, 0.2) is 24.3 Å². The zero-order chi connectivity index (χ0) is 11.0. The SMILES string of the molecule is BrC1CCCN(c2snc3ccccc23)C1. The van der Waals surface area contributed by atoms with E-state index in [1.807, 2.05) is 0 Å². The summed E-state index contributed by atoms with van der Waals surface area (Å²) in [5, 5.41) is 2.63. The second-order valence-electron chi connectivity index (χ2n) is 4.19. The molecular weight excluding hydrogens is 284 g/mol. The van der Waals surface area contributed by atoms with Gasteiger partial charge in [0.15, 0.2) is 0 Å². The van der Waals surface area contributed by atoms with Crippen molar-refractivity contribution in [2.45, 2.75) is 17.7 Å². The van der Waals surface area contributed by atoms with Gasteiger partial charge in [-0.25, -0.2) is 0 Å². The van der Waals surface area contributed by atoms with Crippen LogP contribution in [0, 0.1) is 0 Å². The highest BCUT2D eigenvalue weighted by atomic mass is 79.9. The molecule has 0 spiro atoms. The Morgan fingerprint density at radius 2 is 2.25 bits per heavy atom. The van der Waals surface area contributed by atoms with Gasteiger partial charge in [-0.1, -0.05) is 28.1 Å². The number of piperidine rings is 1. The lowest BCUT2D eigenvalue weighted by Gasteiger charge is -2.30. The number of fused-ring (bicyclic) bond motifs is 1. The fourth-order valence-corrected chi connectivity index (χ4v) is 3.78. The number of aromatic nitrogens is 1. The molecule has 0 saturated carbocycles. The van der Waals surface area contributed by atoms with Crippen LogP contribution in [0.25, 0.3) is 10.9 Å². The number of anilines is 1. The minimum atomic E-state index is 0.627. The van der Waals surface area contributed by atoms with Crippen LogP contribution >= 0.6 is 27.5 Å². The van der Waals surface area contributed by atoms with Crippen molar-refractivity contribution < 1.29 is 0 Å². The van der Waals surface area contributed by atoms with Gasteiger partial charge in [-0.05, 0) is 36.5 Å². The van der Waals surface area contributed by atoms with Gasteiger partial charge in [0.25, 0.3) is 0 Å². The molecule has 2 heterocycles. The van der Waals surface area contributed by atoms with Crippen LogP contribution in [0.2, 0.25) is 0 Å². The standard InChI is InChI=1S/C12H13BrN2S/c13-9-4-3-7-15(8-9)12-10-5-1-2-6-11(10)14-16-12/h1-2,5-6,9H,3-4,7-8H2. The summed E-state index contributed by atoms with van der Waals surface area (Å²) in [5.74, 6) is 0. The van der Waals surface area contributed by atoms with Crippen molar-refractivity contribution >= 4 is 43.4 Å². The van der Waals surface area contributed by atoms with Crippen molar-refractivity contribution in [1.29, 1.82) is 0 Å². The van der Waals surface area contributed by atoms with E-state index in [1.54, 1.807) is 11.5 Å². The van der Waals surface area contributed by atoms with E-state index >= 15 is 0 Å². The Hall–Kier alpha value is -0.610. The number of hydrogen-bond donors (Lipinski definition) is 0. The molecule has 1 aromatic carbocycles. The van der Waals surface area contributed by atoms with Crippen LogP contribution in [0.3, 0.4) is 0 Å². The van der Waals surface area contributed by atoms with Gasteiger partial charge in [-0.15, -0.1) is 0 Å². The molecule has 4 heteroatoms. The summed E-state index contributed by atoms with van der Waals surface area (Å²) < 4.78 is 4.50. The fourth-order valence-electron chi connectivity index (χ4n) is 2.21. The highest BCUT2D eigenvalue weighted by Crippen LogP contribution is 2.33. The average Bonchev–Trinajstić information content (AvgIpc) is 2.72. The Morgan fingerprint density at radius 1 is 1.38 bits per heavy atom. The molecule has 1 aliphatic rings. The lowest BCUT2D eigenvalue weighted by molar-refractivity contribution is 0.600. The van der Waals surface area contributed by atoms with E-state index in [0.29, 0.717) is 4.83 Å². The summed E-state index contributed by atoms with van der Waals surface area (Å²) in [7, 11) is 0. The summed E-state index contributed by atoms with van der Waals surface area (Å²) in [6, 6.07) is 8.40. The second-order valence-corrected chi connectivity index (χ2v) is 6.24. The molecule has 2 aromatic rings. The minimum absolute atomic E-state index is 0.627. The van der Waals surface area contributed by atoms with Crippen LogP contribution in [0.1, 0.15) is 12.8 Å². The zero-order valence-electron chi connectivity index (χ0n) is 8.90. The maximum absolute atomic E-state index is 4.50. The van der Waals surface area contributed by atoms with Gasteiger partial charge < -0.3 is 4.90 Å². The molecule has 3 rings (SSSR count). The lowest BCUT2D eigenvalue weighted by atomic mass is 10.1. The summed E-state index contributed by atoms with van der Waals surface area (Å²) in [4.78, 5) is 3.09. The Bertz CT molecular complexity index is 496. The van der Waals surface area contributed by atoms with Gasteiger partial charge in [-0.3, -0.25) is 0 Å². The number of rotatable bonds is 1. The molecule has 0 N–H and O–H groups in total. The lowest BCUT2D eigenvalue weighted by Crippen LogP contribution is -2.35. The van der Waals surface area contributed by atoms with E-state index in [4.69, 9.17) is 0 Å². The molecule has 1 aliphatic heterocycles. The van der Waals surface area contributed by atoms with Crippen molar-refractivity contribution in [3.63, 3.8) is 0 Å². The third-order valence-corrected chi connectivity index (χ3v) is 4.70. The van der Waals surface area contributed by atoms with Gasteiger partial charge >= 0.3 is 0 Å². The van der Waals surface area contributed by atoms with E-state index in [2.05, 4.69) is 49.5 Å². The zero-order valence-corrected chi connectivity index (χ0v) is 11.3. The monoisotopic (exact) mass is 296 g/mol. The van der Waals surface area contributed by atoms with Crippen molar-refractivity contribution in [3.8, 4) is 0 Å². The number of halogens is 1. The number of alkyl halides is 1. The molecule has 0 aliphatic carbocycles. The smallest absolute Gasteiger partial charge is 0.120 e. The Morgan fingerprint density at radius 3 is 3.12 bits per heavy atom. The fraction of sp³-hybridized carbons (Fsp3) is 0.417. The third kappa shape index (κ3) is 1.84. The molecule has 1 saturated heterocycles. The topological polar surface area (TPSA) is 16.1 Å². The summed E-state index contributed by atoms with van der Waals surface area (Å²) >= 11 is 5.35. The molecule has 16 heavy (non-hydrogen) atoms. The maximum Gasteiger partial charge on any atom is 0.120 e. The van der Waals surface area contributed by atoms with Crippen LogP contribution < -0.4 is 4.90 Å². The first-order chi connectivity index (χ1) is 7.84. The summed E-state index contributed by atoms with van der Waals surface area (Å²) in [5.41, 5.74) is 1.12. The average molecular weight is 297 g/mol. The van der Waals surface area contributed by atoms with E-state index < -0.39 is 0 Å². The molecule has 0 bridgehead atoms. The van der Waals surface area contributed by atoms with Gasteiger partial charge in [0.05, 0.1) is 5.52 Å². The molecule has 1 aromatic heterocycles. The Kier molecular flexibility index (Phi) is 2.86.